The smallest absolute Gasteiger partial charge is 0.252 e. The molecule has 1 fully saturated rings. The Kier molecular flexibility index (Phi) is 5.31. The fourth-order valence-corrected chi connectivity index (χ4v) is 3.92. The number of carbonyl (C=O) groups excluding carboxylic acids is 3. The average Bonchev–Trinajstić information content (AvgIpc) is 3.32. The van der Waals surface area contributed by atoms with Gasteiger partial charge < -0.3 is 19.9 Å². The molecule has 7 heteroatoms. The lowest BCUT2D eigenvalue weighted by atomic mass is 10.1. The highest BCUT2D eigenvalue weighted by Gasteiger charge is 2.35. The molecule has 150 valence electrons. The van der Waals surface area contributed by atoms with Crippen molar-refractivity contribution < 1.29 is 19.1 Å². The van der Waals surface area contributed by atoms with Gasteiger partial charge in [-0.3, -0.25) is 14.4 Å². The number of hydrogen-bond acceptors (Lipinski definition) is 4. The zero-order valence-electron chi connectivity index (χ0n) is 16.3. The summed E-state index contributed by atoms with van der Waals surface area (Å²) < 4.78 is 4.93. The van der Waals surface area contributed by atoms with E-state index in [0.717, 1.165) is 23.4 Å². The molecule has 1 N–H and O–H groups in total. The van der Waals surface area contributed by atoms with Crippen molar-refractivity contribution in [3.8, 4) is 0 Å². The Morgan fingerprint density at radius 3 is 2.72 bits per heavy atom. The molecule has 2 aliphatic rings. The van der Waals surface area contributed by atoms with E-state index in [-0.39, 0.29) is 30.7 Å². The van der Waals surface area contributed by atoms with E-state index >= 15 is 0 Å². The first-order valence-corrected chi connectivity index (χ1v) is 9.65. The van der Waals surface area contributed by atoms with Crippen LogP contribution in [0.2, 0.25) is 0 Å². The van der Waals surface area contributed by atoms with E-state index in [4.69, 9.17) is 4.74 Å². The van der Waals surface area contributed by atoms with Gasteiger partial charge in [0.15, 0.2) is 0 Å². The van der Waals surface area contributed by atoms with Crippen LogP contribution in [-0.4, -0.2) is 44.5 Å². The van der Waals surface area contributed by atoms with Crippen molar-refractivity contribution in [2.24, 2.45) is 5.92 Å². The van der Waals surface area contributed by atoms with Gasteiger partial charge in [-0.25, -0.2) is 0 Å². The highest BCUT2D eigenvalue weighted by atomic mass is 16.5. The third-order valence-electron chi connectivity index (χ3n) is 5.38. The van der Waals surface area contributed by atoms with Crippen LogP contribution in [0.1, 0.15) is 12.0 Å². The van der Waals surface area contributed by atoms with Gasteiger partial charge >= 0.3 is 0 Å². The summed E-state index contributed by atoms with van der Waals surface area (Å²) >= 11 is 0. The summed E-state index contributed by atoms with van der Waals surface area (Å²) in [6.45, 7) is 1.03. The summed E-state index contributed by atoms with van der Waals surface area (Å²) in [4.78, 5) is 40.6. The second-order valence-corrected chi connectivity index (χ2v) is 7.30. The van der Waals surface area contributed by atoms with Crippen molar-refractivity contribution in [3.05, 3.63) is 54.1 Å². The Balaban J connectivity index is 1.42. The zero-order valence-corrected chi connectivity index (χ0v) is 16.3. The van der Waals surface area contributed by atoms with Crippen LogP contribution >= 0.6 is 0 Å². The number of benzene rings is 2. The molecule has 2 heterocycles. The van der Waals surface area contributed by atoms with E-state index < -0.39 is 5.92 Å². The molecule has 0 bridgehead atoms. The number of nitrogens with one attached hydrogen (secondary N) is 1. The molecule has 2 aromatic rings. The molecule has 4 rings (SSSR count). The number of anilines is 3. The highest BCUT2D eigenvalue weighted by Crippen LogP contribution is 2.31. The van der Waals surface area contributed by atoms with E-state index in [1.165, 1.54) is 7.11 Å². The van der Waals surface area contributed by atoms with Crippen molar-refractivity contribution in [2.75, 3.05) is 41.9 Å². The van der Waals surface area contributed by atoms with Crippen LogP contribution in [0.3, 0.4) is 0 Å². The molecule has 1 saturated heterocycles. The Hall–Kier alpha value is -3.19. The predicted octanol–water partition coefficient (Wildman–Crippen LogP) is 2.21. The average molecular weight is 393 g/mol. The Morgan fingerprint density at radius 1 is 1.17 bits per heavy atom. The summed E-state index contributed by atoms with van der Waals surface area (Å²) in [5, 5.41) is 2.93. The topological polar surface area (TPSA) is 79.0 Å². The first-order valence-electron chi connectivity index (χ1n) is 9.65. The van der Waals surface area contributed by atoms with Crippen LogP contribution in [0.15, 0.2) is 48.5 Å². The van der Waals surface area contributed by atoms with E-state index in [0.29, 0.717) is 18.8 Å². The van der Waals surface area contributed by atoms with Gasteiger partial charge in [0.25, 0.3) is 5.91 Å². The number of amides is 3. The van der Waals surface area contributed by atoms with Crippen molar-refractivity contribution >= 4 is 34.8 Å². The molecule has 0 aromatic heterocycles. The Bertz CT molecular complexity index is 944. The number of nitrogens with zero attached hydrogens (tertiary/aromatic N) is 2. The molecule has 3 amide bonds. The lowest BCUT2D eigenvalue weighted by Gasteiger charge is -2.18. The van der Waals surface area contributed by atoms with Gasteiger partial charge in [0.05, 0.1) is 5.92 Å². The predicted molar refractivity (Wildman–Crippen MR) is 110 cm³/mol. The molecule has 0 aliphatic carbocycles. The lowest BCUT2D eigenvalue weighted by molar-refractivity contribution is -0.122. The standard InChI is InChI=1S/C22H23N3O4/c1-29-14-21(27)24-10-9-15-11-17(7-8-19(15)24)23-22(28)16-12-20(26)25(13-16)18-5-3-2-4-6-18/h2-8,11,16H,9-10,12-14H2,1H3,(H,23,28). The summed E-state index contributed by atoms with van der Waals surface area (Å²) in [5.74, 6) is -0.677. The van der Waals surface area contributed by atoms with Gasteiger partial charge in [0.2, 0.25) is 11.8 Å². The maximum atomic E-state index is 12.7. The van der Waals surface area contributed by atoms with Gasteiger partial charge in [-0.1, -0.05) is 18.2 Å². The summed E-state index contributed by atoms with van der Waals surface area (Å²) in [5.41, 5.74) is 3.36. The second-order valence-electron chi connectivity index (χ2n) is 7.30. The normalized spacial score (nSPS) is 18.1. The molecular formula is C22H23N3O4. The Labute approximate surface area is 169 Å². The number of methoxy groups -OCH3 is 1. The van der Waals surface area contributed by atoms with E-state index in [9.17, 15) is 14.4 Å². The summed E-state index contributed by atoms with van der Waals surface area (Å²) in [7, 11) is 1.50. The van der Waals surface area contributed by atoms with E-state index in [1.807, 2.05) is 42.5 Å². The van der Waals surface area contributed by atoms with Crippen LogP contribution in [0.25, 0.3) is 0 Å². The summed E-state index contributed by atoms with van der Waals surface area (Å²) in [6, 6.07) is 14.9. The molecule has 0 radical (unpaired) electrons. The second kappa shape index (κ2) is 8.05. The molecule has 2 aliphatic heterocycles. The Morgan fingerprint density at radius 2 is 1.97 bits per heavy atom. The maximum absolute atomic E-state index is 12.7. The van der Waals surface area contributed by atoms with Gasteiger partial charge in [-0.2, -0.15) is 0 Å². The van der Waals surface area contributed by atoms with Crippen molar-refractivity contribution in [3.63, 3.8) is 0 Å². The van der Waals surface area contributed by atoms with Crippen LogP contribution in [-0.2, 0) is 25.5 Å². The highest BCUT2D eigenvalue weighted by molar-refractivity contribution is 6.04. The van der Waals surface area contributed by atoms with Gasteiger partial charge in [-0.05, 0) is 42.3 Å². The molecule has 1 atom stereocenters. The van der Waals surface area contributed by atoms with Crippen LogP contribution in [0.4, 0.5) is 17.1 Å². The van der Waals surface area contributed by atoms with E-state index in [1.54, 1.807) is 15.9 Å². The molecule has 0 spiro atoms. The first kappa shape index (κ1) is 19.1. The summed E-state index contributed by atoms with van der Waals surface area (Å²) in [6.07, 6.45) is 0.934. The minimum atomic E-state index is -0.393. The quantitative estimate of drug-likeness (QED) is 0.845. The van der Waals surface area contributed by atoms with Crippen molar-refractivity contribution in [1.82, 2.24) is 0 Å². The molecule has 7 nitrogen and oxygen atoms in total. The fourth-order valence-electron chi connectivity index (χ4n) is 3.92. The number of hydrogen-bond donors (Lipinski definition) is 1. The molecular weight excluding hydrogens is 370 g/mol. The minimum Gasteiger partial charge on any atom is -0.375 e. The monoisotopic (exact) mass is 393 g/mol. The molecule has 1 unspecified atom stereocenters. The zero-order chi connectivity index (χ0) is 20.4. The fraction of sp³-hybridized carbons (Fsp3) is 0.318. The van der Waals surface area contributed by atoms with Crippen LogP contribution in [0, 0.1) is 5.92 Å². The third kappa shape index (κ3) is 3.86. The van der Waals surface area contributed by atoms with Crippen LogP contribution < -0.4 is 15.1 Å². The van der Waals surface area contributed by atoms with E-state index in [2.05, 4.69) is 5.32 Å². The van der Waals surface area contributed by atoms with Gasteiger partial charge in [-0.15, -0.1) is 0 Å². The minimum absolute atomic E-state index is 0.0439. The first-order chi connectivity index (χ1) is 14.1. The maximum Gasteiger partial charge on any atom is 0.252 e. The number of rotatable bonds is 5. The number of carbonyl (C=O) groups is 3. The van der Waals surface area contributed by atoms with Crippen LogP contribution in [0.5, 0.6) is 0 Å². The van der Waals surface area contributed by atoms with Gasteiger partial charge in [0, 0.05) is 43.7 Å². The number of para-hydroxylation sites is 1. The van der Waals surface area contributed by atoms with Crippen molar-refractivity contribution in [1.29, 1.82) is 0 Å². The lowest BCUT2D eigenvalue weighted by Crippen LogP contribution is -2.32. The molecule has 2 aromatic carbocycles. The molecule has 29 heavy (non-hydrogen) atoms. The third-order valence-corrected chi connectivity index (χ3v) is 5.38. The van der Waals surface area contributed by atoms with Crippen molar-refractivity contribution in [2.45, 2.75) is 12.8 Å². The SMILES string of the molecule is COCC(=O)N1CCc2cc(NC(=O)C3CC(=O)N(c4ccccc4)C3)ccc21. The molecule has 0 saturated carbocycles. The largest absolute Gasteiger partial charge is 0.375 e. The van der Waals surface area contributed by atoms with Gasteiger partial charge in [0.1, 0.15) is 6.61 Å². The number of ether oxygens (including phenoxy) is 1. The number of fused-ring (bicyclic) bond motifs is 1.